The third-order valence-electron chi connectivity index (χ3n) is 5.26. The topological polar surface area (TPSA) is 69.3 Å². The molecule has 0 atom stereocenters. The SMILES string of the molecule is Cn1cc(-c2cn3ncc(F)c3c(OC3(C)CC4(CNC4)C3)n2)cn1. The van der Waals surface area contributed by atoms with E-state index in [0.29, 0.717) is 17.0 Å². The largest absolute Gasteiger partial charge is 0.470 e. The van der Waals surface area contributed by atoms with E-state index in [0.717, 1.165) is 31.5 Å². The molecular formula is C17H19FN6O. The van der Waals surface area contributed by atoms with Crippen molar-refractivity contribution in [2.24, 2.45) is 12.5 Å². The molecule has 4 heterocycles. The molecule has 8 heteroatoms. The minimum absolute atomic E-state index is 0.279. The summed E-state index contributed by atoms with van der Waals surface area (Å²) in [6.45, 7) is 4.14. The maximum Gasteiger partial charge on any atom is 0.244 e. The standard InChI is InChI=1S/C17H19FN6O/c1-16(7-17(8-16)9-19-10-17)25-15-14-12(18)4-21-24(14)6-13(22-15)11-3-20-23(2)5-11/h3-6,19H,7-10H2,1-2H3. The molecule has 0 radical (unpaired) electrons. The number of aryl methyl sites for hydroxylation is 1. The lowest BCUT2D eigenvalue weighted by atomic mass is 9.56. The Morgan fingerprint density at radius 1 is 1.20 bits per heavy atom. The third kappa shape index (κ3) is 2.24. The van der Waals surface area contributed by atoms with Crippen molar-refractivity contribution in [3.63, 3.8) is 0 Å². The Kier molecular flexibility index (Phi) is 2.84. The Balaban J connectivity index is 1.55. The van der Waals surface area contributed by atoms with Crippen LogP contribution in [0, 0.1) is 11.2 Å². The maximum absolute atomic E-state index is 14.2. The highest BCUT2D eigenvalue weighted by atomic mass is 19.1. The summed E-state index contributed by atoms with van der Waals surface area (Å²) in [5, 5.41) is 11.6. The summed E-state index contributed by atoms with van der Waals surface area (Å²) in [6.07, 6.45) is 8.37. The number of ether oxygens (including phenoxy) is 1. The molecule has 2 fully saturated rings. The lowest BCUT2D eigenvalue weighted by Crippen LogP contribution is -2.67. The predicted molar refractivity (Wildman–Crippen MR) is 88.7 cm³/mol. The zero-order valence-corrected chi connectivity index (χ0v) is 14.2. The molecule has 5 rings (SSSR count). The van der Waals surface area contributed by atoms with Crippen LogP contribution in [-0.4, -0.2) is 43.1 Å². The van der Waals surface area contributed by atoms with Crippen LogP contribution >= 0.6 is 0 Å². The van der Waals surface area contributed by atoms with Gasteiger partial charge in [-0.1, -0.05) is 0 Å². The Bertz CT molecular complexity index is 965. The van der Waals surface area contributed by atoms with Crippen LogP contribution in [0.5, 0.6) is 5.88 Å². The minimum Gasteiger partial charge on any atom is -0.470 e. The van der Waals surface area contributed by atoms with Gasteiger partial charge in [-0.2, -0.15) is 10.2 Å². The van der Waals surface area contributed by atoms with Crippen molar-refractivity contribution in [2.75, 3.05) is 13.1 Å². The van der Waals surface area contributed by atoms with Gasteiger partial charge >= 0.3 is 0 Å². The molecule has 2 aliphatic rings. The number of fused-ring (bicyclic) bond motifs is 1. The van der Waals surface area contributed by atoms with Crippen molar-refractivity contribution >= 4 is 5.52 Å². The second kappa shape index (κ2) is 4.78. The van der Waals surface area contributed by atoms with Gasteiger partial charge in [0.2, 0.25) is 5.88 Å². The summed E-state index contributed by atoms with van der Waals surface area (Å²) in [4.78, 5) is 4.58. The van der Waals surface area contributed by atoms with Gasteiger partial charge in [0.25, 0.3) is 0 Å². The minimum atomic E-state index is -0.428. The first kappa shape index (κ1) is 14.8. The fraction of sp³-hybridized carbons (Fsp3) is 0.471. The zero-order chi connectivity index (χ0) is 17.2. The number of hydrogen-bond acceptors (Lipinski definition) is 5. The summed E-state index contributed by atoms with van der Waals surface area (Å²) in [5.41, 5.74) is 1.80. The van der Waals surface area contributed by atoms with Gasteiger partial charge in [-0.15, -0.1) is 0 Å². The van der Waals surface area contributed by atoms with Crippen LogP contribution in [0.2, 0.25) is 0 Å². The first-order valence-corrected chi connectivity index (χ1v) is 8.38. The van der Waals surface area contributed by atoms with Crippen LogP contribution < -0.4 is 10.1 Å². The fourth-order valence-corrected chi connectivity index (χ4v) is 4.28. The van der Waals surface area contributed by atoms with E-state index >= 15 is 0 Å². The summed E-state index contributed by atoms with van der Waals surface area (Å²) >= 11 is 0. The Hall–Kier alpha value is -2.48. The number of nitrogens with zero attached hydrogens (tertiary/aromatic N) is 5. The van der Waals surface area contributed by atoms with E-state index < -0.39 is 5.82 Å². The van der Waals surface area contributed by atoms with Crippen molar-refractivity contribution in [2.45, 2.75) is 25.4 Å². The van der Waals surface area contributed by atoms with Gasteiger partial charge in [0.1, 0.15) is 5.60 Å². The molecule has 3 aromatic heterocycles. The van der Waals surface area contributed by atoms with Crippen molar-refractivity contribution in [1.82, 2.24) is 29.7 Å². The molecule has 130 valence electrons. The van der Waals surface area contributed by atoms with E-state index in [4.69, 9.17) is 4.74 Å². The molecule has 7 nitrogen and oxygen atoms in total. The molecule has 1 N–H and O–H groups in total. The zero-order valence-electron chi connectivity index (χ0n) is 14.2. The molecule has 3 aromatic rings. The van der Waals surface area contributed by atoms with Gasteiger partial charge in [-0.25, -0.2) is 13.9 Å². The van der Waals surface area contributed by atoms with Crippen LogP contribution in [0.3, 0.4) is 0 Å². The molecule has 1 spiro atoms. The second-order valence-corrected chi connectivity index (χ2v) is 7.63. The molecule has 0 amide bonds. The average molecular weight is 342 g/mol. The quantitative estimate of drug-likeness (QED) is 0.786. The van der Waals surface area contributed by atoms with E-state index in [2.05, 4.69) is 27.4 Å². The van der Waals surface area contributed by atoms with Crippen LogP contribution in [-0.2, 0) is 7.05 Å². The summed E-state index contributed by atoms with van der Waals surface area (Å²) in [5.74, 6) is -0.135. The highest BCUT2D eigenvalue weighted by Crippen LogP contribution is 2.52. The molecule has 0 aromatic carbocycles. The molecule has 1 aliphatic heterocycles. The normalized spacial score (nSPS) is 20.4. The number of aromatic nitrogens is 5. The molecule has 1 saturated carbocycles. The maximum atomic E-state index is 14.2. The highest BCUT2D eigenvalue weighted by molar-refractivity contribution is 5.64. The average Bonchev–Trinajstić information content (AvgIpc) is 3.09. The van der Waals surface area contributed by atoms with Gasteiger partial charge < -0.3 is 10.1 Å². The summed E-state index contributed by atoms with van der Waals surface area (Å²) in [7, 11) is 1.84. The smallest absolute Gasteiger partial charge is 0.244 e. The number of nitrogens with one attached hydrogen (secondary N) is 1. The number of rotatable bonds is 3. The molecule has 25 heavy (non-hydrogen) atoms. The van der Waals surface area contributed by atoms with E-state index in [-0.39, 0.29) is 11.1 Å². The van der Waals surface area contributed by atoms with E-state index in [1.807, 2.05) is 13.2 Å². The lowest BCUT2D eigenvalue weighted by Gasteiger charge is -2.59. The van der Waals surface area contributed by atoms with E-state index in [1.165, 1.54) is 10.7 Å². The molecule has 1 saturated heterocycles. The lowest BCUT2D eigenvalue weighted by molar-refractivity contribution is -0.121. The molecule has 1 aliphatic carbocycles. The number of hydrogen-bond donors (Lipinski definition) is 1. The fourth-order valence-electron chi connectivity index (χ4n) is 4.28. The van der Waals surface area contributed by atoms with Crippen molar-refractivity contribution in [3.8, 4) is 17.1 Å². The van der Waals surface area contributed by atoms with Crippen LogP contribution in [0.15, 0.2) is 24.8 Å². The molecule has 0 unspecified atom stereocenters. The van der Waals surface area contributed by atoms with Gasteiger partial charge in [0.05, 0.1) is 24.3 Å². The highest BCUT2D eigenvalue weighted by Gasteiger charge is 2.57. The van der Waals surface area contributed by atoms with Crippen LogP contribution in [0.4, 0.5) is 4.39 Å². The molecular weight excluding hydrogens is 323 g/mol. The second-order valence-electron chi connectivity index (χ2n) is 7.63. The number of halogens is 1. The van der Waals surface area contributed by atoms with Gasteiger partial charge in [0, 0.05) is 37.3 Å². The first-order valence-electron chi connectivity index (χ1n) is 8.38. The van der Waals surface area contributed by atoms with Crippen LogP contribution in [0.1, 0.15) is 19.8 Å². The van der Waals surface area contributed by atoms with Crippen LogP contribution in [0.25, 0.3) is 16.8 Å². The third-order valence-corrected chi connectivity index (χ3v) is 5.26. The van der Waals surface area contributed by atoms with E-state index in [1.54, 1.807) is 17.1 Å². The van der Waals surface area contributed by atoms with Gasteiger partial charge in [0.15, 0.2) is 11.3 Å². The molecule has 0 bridgehead atoms. The monoisotopic (exact) mass is 342 g/mol. The Labute approximate surface area is 143 Å². The van der Waals surface area contributed by atoms with Crippen molar-refractivity contribution < 1.29 is 9.13 Å². The van der Waals surface area contributed by atoms with Gasteiger partial charge in [-0.05, 0) is 19.8 Å². The predicted octanol–water partition coefficient (Wildman–Crippen LogP) is 1.79. The van der Waals surface area contributed by atoms with Crippen molar-refractivity contribution in [1.29, 1.82) is 0 Å². The van der Waals surface area contributed by atoms with Gasteiger partial charge in [-0.3, -0.25) is 4.68 Å². The Morgan fingerprint density at radius 3 is 2.64 bits per heavy atom. The Morgan fingerprint density at radius 2 is 2.00 bits per heavy atom. The summed E-state index contributed by atoms with van der Waals surface area (Å²) in [6, 6.07) is 0. The van der Waals surface area contributed by atoms with E-state index in [9.17, 15) is 4.39 Å². The summed E-state index contributed by atoms with van der Waals surface area (Å²) < 4.78 is 23.7. The first-order chi connectivity index (χ1) is 12.0. The van der Waals surface area contributed by atoms with Crippen molar-refractivity contribution in [3.05, 3.63) is 30.6 Å².